The van der Waals surface area contributed by atoms with Gasteiger partial charge in [0, 0.05) is 32.8 Å². The van der Waals surface area contributed by atoms with Crippen LogP contribution in [0.3, 0.4) is 0 Å². The number of nitrogens with zero attached hydrogens (tertiary/aromatic N) is 1. The molecule has 0 aromatic rings. The number of rotatable bonds is 8. The molecule has 1 aliphatic rings. The Hall–Kier alpha value is -0.170. The third kappa shape index (κ3) is 5.38. The first kappa shape index (κ1) is 16.9. The maximum Gasteiger partial charge on any atom is 0.214 e. The van der Waals surface area contributed by atoms with Crippen molar-refractivity contribution in [2.45, 2.75) is 51.1 Å². The minimum Gasteiger partial charge on any atom is -0.385 e. The van der Waals surface area contributed by atoms with Crippen LogP contribution in [0.15, 0.2) is 0 Å². The minimum atomic E-state index is -3.13. The predicted molar refractivity (Wildman–Crippen MR) is 77.8 cm³/mol. The average molecular weight is 292 g/mol. The van der Waals surface area contributed by atoms with Crippen molar-refractivity contribution < 1.29 is 13.2 Å². The molecule has 0 unspecified atom stereocenters. The molecule has 6 heteroatoms. The van der Waals surface area contributed by atoms with Gasteiger partial charge in [-0.2, -0.15) is 0 Å². The normalized spacial score (nSPS) is 24.8. The maximum atomic E-state index is 12.2. The van der Waals surface area contributed by atoms with E-state index in [2.05, 4.69) is 12.2 Å². The second-order valence-electron chi connectivity index (χ2n) is 5.24. The average Bonchev–Trinajstić information content (AvgIpc) is 2.39. The summed E-state index contributed by atoms with van der Waals surface area (Å²) in [4.78, 5) is 0. The molecule has 0 amide bonds. The molecule has 1 saturated carbocycles. The van der Waals surface area contributed by atoms with Gasteiger partial charge in [-0.1, -0.05) is 6.92 Å². The SMILES string of the molecule is CCNC1CCC(N(C)S(=O)(=O)CCCOC)CC1. The first-order valence-corrected chi connectivity index (χ1v) is 8.80. The van der Waals surface area contributed by atoms with Gasteiger partial charge in [0.05, 0.1) is 5.75 Å². The van der Waals surface area contributed by atoms with Gasteiger partial charge in [0.15, 0.2) is 0 Å². The summed E-state index contributed by atoms with van der Waals surface area (Å²) in [5, 5.41) is 3.44. The van der Waals surface area contributed by atoms with Crippen LogP contribution in [0.4, 0.5) is 0 Å². The van der Waals surface area contributed by atoms with Crippen LogP contribution in [0.25, 0.3) is 0 Å². The van der Waals surface area contributed by atoms with E-state index in [-0.39, 0.29) is 11.8 Å². The quantitative estimate of drug-likeness (QED) is 0.683. The number of hydrogen-bond donors (Lipinski definition) is 1. The maximum absolute atomic E-state index is 12.2. The molecule has 1 N–H and O–H groups in total. The summed E-state index contributed by atoms with van der Waals surface area (Å²) in [6.07, 6.45) is 4.61. The Morgan fingerprint density at radius 1 is 1.26 bits per heavy atom. The molecule has 0 heterocycles. The van der Waals surface area contributed by atoms with Gasteiger partial charge in [-0.15, -0.1) is 0 Å². The van der Waals surface area contributed by atoms with Crippen molar-refractivity contribution in [1.29, 1.82) is 0 Å². The predicted octanol–water partition coefficient (Wildman–Crippen LogP) is 1.21. The van der Waals surface area contributed by atoms with Gasteiger partial charge >= 0.3 is 0 Å². The van der Waals surface area contributed by atoms with Crippen molar-refractivity contribution in [2.75, 3.05) is 33.1 Å². The van der Waals surface area contributed by atoms with Crippen molar-refractivity contribution >= 4 is 10.0 Å². The third-order valence-electron chi connectivity index (χ3n) is 3.89. The van der Waals surface area contributed by atoms with Crippen LogP contribution in [0.2, 0.25) is 0 Å². The number of methoxy groups -OCH3 is 1. The van der Waals surface area contributed by atoms with Crippen molar-refractivity contribution in [2.24, 2.45) is 0 Å². The van der Waals surface area contributed by atoms with Crippen LogP contribution in [0.1, 0.15) is 39.0 Å². The van der Waals surface area contributed by atoms with Crippen molar-refractivity contribution in [1.82, 2.24) is 9.62 Å². The number of sulfonamides is 1. The Morgan fingerprint density at radius 3 is 2.42 bits per heavy atom. The van der Waals surface area contributed by atoms with Crippen molar-refractivity contribution in [3.05, 3.63) is 0 Å². The lowest BCUT2D eigenvalue weighted by Gasteiger charge is -2.34. The monoisotopic (exact) mass is 292 g/mol. The van der Waals surface area contributed by atoms with Gasteiger partial charge < -0.3 is 10.1 Å². The zero-order valence-corrected chi connectivity index (χ0v) is 13.2. The van der Waals surface area contributed by atoms with Gasteiger partial charge in [0.25, 0.3) is 0 Å². The highest BCUT2D eigenvalue weighted by Gasteiger charge is 2.29. The summed E-state index contributed by atoms with van der Waals surface area (Å²) in [6.45, 7) is 3.60. The lowest BCUT2D eigenvalue weighted by atomic mass is 9.91. The second-order valence-corrected chi connectivity index (χ2v) is 7.39. The third-order valence-corrected chi connectivity index (χ3v) is 5.87. The molecule has 1 aliphatic carbocycles. The molecule has 1 rings (SSSR count). The summed E-state index contributed by atoms with van der Waals surface area (Å²) in [5.41, 5.74) is 0. The zero-order valence-electron chi connectivity index (χ0n) is 12.4. The van der Waals surface area contributed by atoms with Gasteiger partial charge in [0.1, 0.15) is 0 Å². The molecule has 0 spiro atoms. The Balaban J connectivity index is 2.43. The first-order chi connectivity index (χ1) is 9.01. The molecule has 5 nitrogen and oxygen atoms in total. The Labute approximate surface area is 117 Å². The molecule has 0 atom stereocenters. The summed E-state index contributed by atoms with van der Waals surface area (Å²) < 4.78 is 30.8. The molecule has 0 aromatic carbocycles. The molecule has 0 aliphatic heterocycles. The van der Waals surface area contributed by atoms with Crippen molar-refractivity contribution in [3.63, 3.8) is 0 Å². The number of ether oxygens (including phenoxy) is 1. The molecule has 0 bridgehead atoms. The van der Waals surface area contributed by atoms with Gasteiger partial charge in [-0.3, -0.25) is 0 Å². The fourth-order valence-corrected chi connectivity index (χ4v) is 4.12. The van der Waals surface area contributed by atoms with E-state index in [1.165, 1.54) is 0 Å². The largest absolute Gasteiger partial charge is 0.385 e. The van der Waals surface area contributed by atoms with Crippen LogP contribution in [-0.2, 0) is 14.8 Å². The van der Waals surface area contributed by atoms with Crippen LogP contribution >= 0.6 is 0 Å². The summed E-state index contributed by atoms with van der Waals surface area (Å²) in [7, 11) is 0.189. The molecule has 19 heavy (non-hydrogen) atoms. The van der Waals surface area contributed by atoms with E-state index in [1.54, 1.807) is 18.5 Å². The van der Waals surface area contributed by atoms with Gasteiger partial charge in [0.2, 0.25) is 10.0 Å². The standard InChI is InChI=1S/C13H28N2O3S/c1-4-14-12-6-8-13(9-7-12)15(2)19(16,17)11-5-10-18-3/h12-14H,4-11H2,1-3H3. The second kappa shape index (κ2) is 8.19. The smallest absolute Gasteiger partial charge is 0.214 e. The molecule has 0 saturated heterocycles. The minimum absolute atomic E-state index is 0.169. The molecule has 1 fully saturated rings. The van der Waals surface area contributed by atoms with Gasteiger partial charge in [-0.05, 0) is 38.6 Å². The highest BCUT2D eigenvalue weighted by Crippen LogP contribution is 2.24. The highest BCUT2D eigenvalue weighted by molar-refractivity contribution is 7.89. The van der Waals surface area contributed by atoms with E-state index >= 15 is 0 Å². The van der Waals surface area contributed by atoms with Gasteiger partial charge in [-0.25, -0.2) is 12.7 Å². The molecule has 114 valence electrons. The van der Waals surface area contributed by atoms with Crippen LogP contribution in [0.5, 0.6) is 0 Å². The molecular formula is C13H28N2O3S. The Bertz CT molecular complexity index is 338. The number of nitrogens with one attached hydrogen (secondary N) is 1. The fourth-order valence-electron chi connectivity index (χ4n) is 2.69. The van der Waals surface area contributed by atoms with E-state index in [9.17, 15) is 8.42 Å². The Kier molecular flexibility index (Phi) is 7.28. The highest BCUT2D eigenvalue weighted by atomic mass is 32.2. The van der Waals surface area contributed by atoms with E-state index in [0.717, 1.165) is 32.2 Å². The van der Waals surface area contributed by atoms with E-state index < -0.39 is 10.0 Å². The van der Waals surface area contributed by atoms with E-state index in [0.29, 0.717) is 19.1 Å². The molecular weight excluding hydrogens is 264 g/mol. The summed E-state index contributed by atoms with van der Waals surface area (Å²) >= 11 is 0. The van der Waals surface area contributed by atoms with Crippen LogP contribution in [-0.4, -0.2) is 57.9 Å². The van der Waals surface area contributed by atoms with Crippen LogP contribution < -0.4 is 5.32 Å². The summed E-state index contributed by atoms with van der Waals surface area (Å²) in [6, 6.07) is 0.730. The first-order valence-electron chi connectivity index (χ1n) is 7.19. The number of hydrogen-bond acceptors (Lipinski definition) is 4. The lowest BCUT2D eigenvalue weighted by Crippen LogP contribution is -2.44. The Morgan fingerprint density at radius 2 is 1.89 bits per heavy atom. The summed E-state index contributed by atoms with van der Waals surface area (Å²) in [5.74, 6) is 0.185. The van der Waals surface area contributed by atoms with E-state index in [1.807, 2.05) is 0 Å². The van der Waals surface area contributed by atoms with Crippen LogP contribution in [0, 0.1) is 0 Å². The molecule has 0 aromatic heterocycles. The fraction of sp³-hybridized carbons (Fsp3) is 1.00. The zero-order chi connectivity index (χ0) is 14.3. The van der Waals surface area contributed by atoms with Crippen molar-refractivity contribution in [3.8, 4) is 0 Å². The molecule has 0 radical (unpaired) electrons. The van der Waals surface area contributed by atoms with E-state index in [4.69, 9.17) is 4.74 Å². The topological polar surface area (TPSA) is 58.6 Å². The lowest BCUT2D eigenvalue weighted by molar-refractivity contribution is 0.198.